The van der Waals surface area contributed by atoms with Gasteiger partial charge in [0.05, 0.1) is 17.8 Å². The van der Waals surface area contributed by atoms with Gasteiger partial charge < -0.3 is 5.32 Å². The third kappa shape index (κ3) is 2.38. The van der Waals surface area contributed by atoms with Crippen molar-refractivity contribution in [3.05, 3.63) is 60.2 Å². The fraction of sp³-hybridized carbons (Fsp3) is 0.167. The van der Waals surface area contributed by atoms with Gasteiger partial charge in [-0.05, 0) is 24.6 Å². The van der Waals surface area contributed by atoms with Gasteiger partial charge in [-0.2, -0.15) is 0 Å². The minimum absolute atomic E-state index is 0. The molecule has 1 aliphatic heterocycles. The summed E-state index contributed by atoms with van der Waals surface area (Å²) in [5.74, 6) is 0.951. The molecule has 2 heterocycles. The van der Waals surface area contributed by atoms with Crippen LogP contribution < -0.4 is 5.32 Å². The molecule has 4 rings (SSSR count). The fourth-order valence-corrected chi connectivity index (χ4v) is 2.85. The van der Waals surface area contributed by atoms with E-state index >= 15 is 0 Å². The van der Waals surface area contributed by atoms with Crippen LogP contribution in [0.5, 0.6) is 0 Å². The van der Waals surface area contributed by atoms with Crippen LogP contribution >= 0.6 is 12.4 Å². The SMILES string of the molecule is Cc1ccc(-c2cc3ccccc3n2C2=NCCN2)cc1.Cl. The van der Waals surface area contributed by atoms with E-state index in [-0.39, 0.29) is 12.4 Å². The highest BCUT2D eigenvalue weighted by molar-refractivity contribution is 6.00. The summed E-state index contributed by atoms with van der Waals surface area (Å²) in [6, 6.07) is 19.4. The zero-order chi connectivity index (χ0) is 14.2. The average molecular weight is 312 g/mol. The number of rotatable bonds is 1. The molecular formula is C18H18ClN3. The molecule has 1 N–H and O–H groups in total. The minimum atomic E-state index is 0. The van der Waals surface area contributed by atoms with E-state index in [1.54, 1.807) is 0 Å². The van der Waals surface area contributed by atoms with E-state index in [1.807, 2.05) is 0 Å². The molecule has 2 aromatic carbocycles. The van der Waals surface area contributed by atoms with E-state index in [4.69, 9.17) is 0 Å². The smallest absolute Gasteiger partial charge is 0.203 e. The number of nitrogens with one attached hydrogen (secondary N) is 1. The van der Waals surface area contributed by atoms with Crippen molar-refractivity contribution in [1.82, 2.24) is 9.88 Å². The molecule has 1 aromatic heterocycles. The van der Waals surface area contributed by atoms with Crippen LogP contribution in [0.3, 0.4) is 0 Å². The van der Waals surface area contributed by atoms with Crippen LogP contribution in [0.4, 0.5) is 0 Å². The molecule has 3 aromatic rings. The molecule has 3 nitrogen and oxygen atoms in total. The lowest BCUT2D eigenvalue weighted by molar-refractivity contribution is 0.945. The number of halogens is 1. The molecule has 0 atom stereocenters. The van der Waals surface area contributed by atoms with Gasteiger partial charge in [0.15, 0.2) is 0 Å². The number of para-hydroxylation sites is 1. The van der Waals surface area contributed by atoms with Gasteiger partial charge >= 0.3 is 0 Å². The maximum atomic E-state index is 4.60. The average Bonchev–Trinajstić information content (AvgIpc) is 3.14. The Balaban J connectivity index is 0.00000144. The first-order valence-electron chi connectivity index (χ1n) is 7.29. The standard InChI is InChI=1S/C18H17N3.ClH/c1-13-6-8-14(9-7-13)17-12-15-4-2-3-5-16(15)21(17)18-19-10-11-20-18;/h2-9,12H,10-11H2,1H3,(H,19,20);1H. The molecule has 1 aliphatic rings. The molecule has 0 aliphatic carbocycles. The zero-order valence-electron chi connectivity index (χ0n) is 12.4. The number of aliphatic imine (C=N–C) groups is 1. The van der Waals surface area contributed by atoms with Crippen molar-refractivity contribution in [3.63, 3.8) is 0 Å². The van der Waals surface area contributed by atoms with Crippen molar-refractivity contribution in [2.75, 3.05) is 13.1 Å². The largest absolute Gasteiger partial charge is 0.354 e. The Morgan fingerprint density at radius 2 is 1.82 bits per heavy atom. The van der Waals surface area contributed by atoms with Crippen molar-refractivity contribution in [2.45, 2.75) is 6.92 Å². The van der Waals surface area contributed by atoms with Crippen molar-refractivity contribution >= 4 is 29.3 Å². The molecule has 112 valence electrons. The summed E-state index contributed by atoms with van der Waals surface area (Å²) in [5.41, 5.74) is 4.87. The third-order valence-electron chi connectivity index (χ3n) is 3.93. The number of aryl methyl sites for hydroxylation is 1. The lowest BCUT2D eigenvalue weighted by Gasteiger charge is -2.11. The zero-order valence-corrected chi connectivity index (χ0v) is 13.2. The highest BCUT2D eigenvalue weighted by atomic mass is 35.5. The van der Waals surface area contributed by atoms with Crippen molar-refractivity contribution < 1.29 is 0 Å². The summed E-state index contributed by atoms with van der Waals surface area (Å²) in [4.78, 5) is 4.60. The summed E-state index contributed by atoms with van der Waals surface area (Å²) < 4.78 is 2.23. The summed E-state index contributed by atoms with van der Waals surface area (Å²) >= 11 is 0. The summed E-state index contributed by atoms with van der Waals surface area (Å²) in [6.45, 7) is 3.87. The van der Waals surface area contributed by atoms with Crippen LogP contribution in [0, 0.1) is 6.92 Å². The van der Waals surface area contributed by atoms with E-state index in [1.165, 1.54) is 27.7 Å². The van der Waals surface area contributed by atoms with Gasteiger partial charge in [-0.1, -0.05) is 48.0 Å². The molecular weight excluding hydrogens is 294 g/mol. The second-order valence-corrected chi connectivity index (χ2v) is 5.42. The van der Waals surface area contributed by atoms with Gasteiger partial charge in [-0.3, -0.25) is 9.56 Å². The van der Waals surface area contributed by atoms with E-state index in [0.29, 0.717) is 0 Å². The minimum Gasteiger partial charge on any atom is -0.354 e. The van der Waals surface area contributed by atoms with Crippen LogP contribution in [0.1, 0.15) is 5.56 Å². The van der Waals surface area contributed by atoms with Crippen LogP contribution in [0.2, 0.25) is 0 Å². The maximum Gasteiger partial charge on any atom is 0.203 e. The number of hydrogen-bond acceptors (Lipinski definition) is 2. The van der Waals surface area contributed by atoms with E-state index in [9.17, 15) is 0 Å². The predicted molar refractivity (Wildman–Crippen MR) is 95.1 cm³/mol. The monoisotopic (exact) mass is 311 g/mol. The molecule has 0 saturated heterocycles. The Morgan fingerprint density at radius 1 is 1.05 bits per heavy atom. The maximum absolute atomic E-state index is 4.60. The summed E-state index contributed by atoms with van der Waals surface area (Å²) in [6.07, 6.45) is 0. The molecule has 4 heteroatoms. The van der Waals surface area contributed by atoms with Crippen molar-refractivity contribution in [2.24, 2.45) is 4.99 Å². The van der Waals surface area contributed by atoms with Crippen molar-refractivity contribution in [1.29, 1.82) is 0 Å². The lowest BCUT2D eigenvalue weighted by Crippen LogP contribution is -2.26. The highest BCUT2D eigenvalue weighted by Crippen LogP contribution is 2.28. The Morgan fingerprint density at radius 3 is 2.55 bits per heavy atom. The Hall–Kier alpha value is -2.26. The molecule has 0 saturated carbocycles. The number of aromatic nitrogens is 1. The third-order valence-corrected chi connectivity index (χ3v) is 3.93. The molecule has 0 unspecified atom stereocenters. The fourth-order valence-electron chi connectivity index (χ4n) is 2.85. The summed E-state index contributed by atoms with van der Waals surface area (Å²) in [7, 11) is 0. The predicted octanol–water partition coefficient (Wildman–Crippen LogP) is 3.85. The van der Waals surface area contributed by atoms with Gasteiger partial charge in [0.25, 0.3) is 0 Å². The van der Waals surface area contributed by atoms with Crippen LogP contribution in [-0.2, 0) is 0 Å². The van der Waals surface area contributed by atoms with Gasteiger partial charge in [-0.25, -0.2) is 0 Å². The highest BCUT2D eigenvalue weighted by Gasteiger charge is 2.16. The van der Waals surface area contributed by atoms with Gasteiger partial charge in [0.2, 0.25) is 5.96 Å². The van der Waals surface area contributed by atoms with E-state index in [2.05, 4.69) is 76.4 Å². The van der Waals surface area contributed by atoms with Gasteiger partial charge in [-0.15, -0.1) is 12.4 Å². The van der Waals surface area contributed by atoms with Crippen molar-refractivity contribution in [3.8, 4) is 11.3 Å². The Kier molecular flexibility index (Phi) is 3.90. The van der Waals surface area contributed by atoms with Gasteiger partial charge in [0, 0.05) is 11.9 Å². The Bertz CT molecular complexity index is 831. The number of fused-ring (bicyclic) bond motifs is 1. The second-order valence-electron chi connectivity index (χ2n) is 5.42. The number of benzene rings is 2. The van der Waals surface area contributed by atoms with Gasteiger partial charge in [0.1, 0.15) is 0 Å². The first kappa shape index (κ1) is 14.7. The van der Waals surface area contributed by atoms with Crippen LogP contribution in [0.15, 0.2) is 59.6 Å². The summed E-state index contributed by atoms with van der Waals surface area (Å²) in [5, 5.41) is 4.63. The van der Waals surface area contributed by atoms with Crippen LogP contribution in [-0.4, -0.2) is 23.6 Å². The quantitative estimate of drug-likeness (QED) is 0.727. The second kappa shape index (κ2) is 5.85. The first-order chi connectivity index (χ1) is 10.3. The molecule has 0 amide bonds. The molecule has 22 heavy (non-hydrogen) atoms. The molecule has 0 bridgehead atoms. The van der Waals surface area contributed by atoms with E-state index in [0.717, 1.165) is 19.0 Å². The normalized spacial score (nSPS) is 13.6. The molecule has 0 spiro atoms. The first-order valence-corrected chi connectivity index (χ1v) is 7.29. The lowest BCUT2D eigenvalue weighted by atomic mass is 10.1. The molecule has 0 radical (unpaired) electrons. The number of nitrogens with zero attached hydrogens (tertiary/aromatic N) is 2. The number of hydrogen-bond donors (Lipinski definition) is 1. The Labute approximate surface area is 136 Å². The van der Waals surface area contributed by atoms with E-state index < -0.39 is 0 Å². The molecule has 0 fully saturated rings. The topological polar surface area (TPSA) is 29.3 Å². The van der Waals surface area contributed by atoms with Crippen LogP contribution in [0.25, 0.3) is 22.2 Å².